The normalized spacial score (nSPS) is 12.9. The minimum absolute atomic E-state index is 0.274. The third-order valence-electron chi connectivity index (χ3n) is 5.16. The van der Waals surface area contributed by atoms with Crippen LogP contribution in [0.2, 0.25) is 0 Å². The van der Waals surface area contributed by atoms with Gasteiger partial charge in [-0.1, -0.05) is 60.7 Å². The SMILES string of the molecule is CC(=O)OCOC(OCC(Cc1ccccc1)NC(=O)Nc1ccccc1Oc1ccccc1)(O[PH+]=O)OC(C)=O. The van der Waals surface area contributed by atoms with Gasteiger partial charge in [-0.2, -0.15) is 0 Å². The van der Waals surface area contributed by atoms with Gasteiger partial charge < -0.3 is 24.8 Å². The Labute approximate surface area is 238 Å². The molecule has 0 aliphatic rings. The average molecular weight is 586 g/mol. The van der Waals surface area contributed by atoms with E-state index in [9.17, 15) is 18.9 Å². The van der Waals surface area contributed by atoms with Crippen molar-refractivity contribution >= 4 is 32.3 Å². The summed E-state index contributed by atoms with van der Waals surface area (Å²) < 4.78 is 42.7. The molecule has 3 atom stereocenters. The predicted molar refractivity (Wildman–Crippen MR) is 147 cm³/mol. The van der Waals surface area contributed by atoms with Crippen LogP contribution in [0.15, 0.2) is 84.9 Å². The summed E-state index contributed by atoms with van der Waals surface area (Å²) in [6, 6.07) is 23.9. The van der Waals surface area contributed by atoms with E-state index in [0.717, 1.165) is 19.4 Å². The van der Waals surface area contributed by atoms with Gasteiger partial charge in [0.2, 0.25) is 6.79 Å². The number of amides is 2. The molecule has 12 nitrogen and oxygen atoms in total. The minimum atomic E-state index is -2.61. The number of carbonyl (C=O) groups excluding carboxylic acids is 3. The topological polar surface area (TPSA) is 148 Å². The third-order valence-corrected chi connectivity index (χ3v) is 5.49. The fourth-order valence-corrected chi connectivity index (χ4v) is 3.72. The first kappa shape index (κ1) is 31.2. The molecule has 3 aromatic carbocycles. The maximum absolute atomic E-state index is 13.1. The summed E-state index contributed by atoms with van der Waals surface area (Å²) in [4.78, 5) is 36.0. The molecular formula is C28H30N2O10P+. The number of anilines is 1. The summed E-state index contributed by atoms with van der Waals surface area (Å²) in [5.74, 6) is -0.580. The van der Waals surface area contributed by atoms with Crippen LogP contribution in [0.3, 0.4) is 0 Å². The van der Waals surface area contributed by atoms with Crippen molar-refractivity contribution in [3.8, 4) is 11.5 Å². The Morgan fingerprint density at radius 3 is 2.17 bits per heavy atom. The molecule has 0 heterocycles. The lowest BCUT2D eigenvalue weighted by atomic mass is 10.1. The molecule has 0 aliphatic carbocycles. The molecular weight excluding hydrogens is 555 g/mol. The summed E-state index contributed by atoms with van der Waals surface area (Å²) in [6.07, 6.45) is -2.33. The quantitative estimate of drug-likeness (QED) is 0.143. The van der Waals surface area contributed by atoms with Crippen LogP contribution in [-0.2, 0) is 44.0 Å². The standard InChI is InChI=1S/C28H29N2O10P/c1-20(31)35-19-37-28(40-41-34,39-21(2)32)36-18-23(17-22-11-5-3-6-12-22)29-27(33)30-25-15-9-10-16-26(25)38-24-13-7-4-8-14-24/h3-16,23,41H,17-19H2,1-2H3,(H-,29,30,33)/p+1. The van der Waals surface area contributed by atoms with Crippen LogP contribution in [0, 0.1) is 0 Å². The Hall–Kier alpha value is -4.35. The molecule has 0 radical (unpaired) electrons. The molecule has 3 aromatic rings. The predicted octanol–water partition coefficient (Wildman–Crippen LogP) is 4.90. The van der Waals surface area contributed by atoms with Gasteiger partial charge in [-0.3, -0.25) is 19.1 Å². The molecule has 3 unspecified atom stereocenters. The first-order valence-corrected chi connectivity index (χ1v) is 13.2. The van der Waals surface area contributed by atoms with Crippen molar-refractivity contribution in [3.05, 3.63) is 90.5 Å². The molecule has 41 heavy (non-hydrogen) atoms. The molecule has 2 N–H and O–H groups in total. The van der Waals surface area contributed by atoms with Crippen LogP contribution in [-0.4, -0.2) is 43.6 Å². The number of hydrogen-bond donors (Lipinski definition) is 2. The van der Waals surface area contributed by atoms with E-state index in [2.05, 4.69) is 10.6 Å². The van der Waals surface area contributed by atoms with Gasteiger partial charge in [0.1, 0.15) is 5.75 Å². The van der Waals surface area contributed by atoms with Crippen molar-refractivity contribution in [2.45, 2.75) is 32.5 Å². The minimum Gasteiger partial charge on any atom is -0.455 e. The molecule has 3 rings (SSSR count). The number of para-hydroxylation sites is 3. The van der Waals surface area contributed by atoms with Crippen molar-refractivity contribution in [2.75, 3.05) is 18.7 Å². The number of hydrogen-bond acceptors (Lipinski definition) is 10. The van der Waals surface area contributed by atoms with E-state index < -0.39 is 45.7 Å². The molecule has 0 spiro atoms. The maximum Gasteiger partial charge on any atom is 0.508 e. The highest BCUT2D eigenvalue weighted by molar-refractivity contribution is 7.17. The fourth-order valence-electron chi connectivity index (χ4n) is 3.46. The van der Waals surface area contributed by atoms with E-state index >= 15 is 0 Å². The molecule has 0 saturated carbocycles. The van der Waals surface area contributed by atoms with Crippen LogP contribution < -0.4 is 15.4 Å². The molecule has 0 aliphatic heterocycles. The molecule has 216 valence electrons. The molecule has 0 saturated heterocycles. The highest BCUT2D eigenvalue weighted by Gasteiger charge is 2.45. The summed E-state index contributed by atoms with van der Waals surface area (Å²) in [5, 5.41) is 5.57. The van der Waals surface area contributed by atoms with Crippen molar-refractivity contribution < 1.29 is 47.2 Å². The van der Waals surface area contributed by atoms with Crippen molar-refractivity contribution in [1.82, 2.24) is 5.32 Å². The first-order chi connectivity index (χ1) is 19.8. The highest BCUT2D eigenvalue weighted by atomic mass is 31.1. The van der Waals surface area contributed by atoms with Gasteiger partial charge in [-0.05, 0) is 45.3 Å². The largest absolute Gasteiger partial charge is 0.508 e. The second-order valence-electron chi connectivity index (χ2n) is 8.38. The zero-order valence-corrected chi connectivity index (χ0v) is 23.4. The highest BCUT2D eigenvalue weighted by Crippen LogP contribution is 2.29. The zero-order chi connectivity index (χ0) is 29.5. The van der Waals surface area contributed by atoms with Gasteiger partial charge in [0.15, 0.2) is 5.75 Å². The van der Waals surface area contributed by atoms with E-state index in [1.165, 1.54) is 0 Å². The Balaban J connectivity index is 1.76. The summed E-state index contributed by atoms with van der Waals surface area (Å²) in [5.41, 5.74) is 1.25. The van der Waals surface area contributed by atoms with Crippen LogP contribution in [0.1, 0.15) is 19.4 Å². The first-order valence-electron chi connectivity index (χ1n) is 12.4. The lowest BCUT2D eigenvalue weighted by Gasteiger charge is -2.28. The molecule has 0 bridgehead atoms. The summed E-state index contributed by atoms with van der Waals surface area (Å²) in [7, 11) is -1.48. The van der Waals surface area contributed by atoms with Gasteiger partial charge in [-0.15, -0.1) is 0 Å². The van der Waals surface area contributed by atoms with Crippen LogP contribution in [0.5, 0.6) is 11.5 Å². The molecule has 0 aromatic heterocycles. The van der Waals surface area contributed by atoms with Gasteiger partial charge in [0, 0.05) is 13.8 Å². The van der Waals surface area contributed by atoms with E-state index in [0.29, 0.717) is 17.2 Å². The number of ether oxygens (including phenoxy) is 5. The Kier molecular flexibility index (Phi) is 12.2. The van der Waals surface area contributed by atoms with Crippen molar-refractivity contribution in [3.63, 3.8) is 0 Å². The van der Waals surface area contributed by atoms with Gasteiger partial charge in [0.05, 0.1) is 18.3 Å². The fraction of sp³-hybridized carbons (Fsp3) is 0.250. The molecule has 2 amide bonds. The molecule has 0 fully saturated rings. The Bertz CT molecular complexity index is 1300. The van der Waals surface area contributed by atoms with Gasteiger partial charge in [-0.25, -0.2) is 4.79 Å². The molecule has 13 heteroatoms. The van der Waals surface area contributed by atoms with E-state index in [4.69, 9.17) is 28.2 Å². The van der Waals surface area contributed by atoms with E-state index in [1.54, 1.807) is 36.4 Å². The zero-order valence-electron chi connectivity index (χ0n) is 22.4. The summed E-state index contributed by atoms with van der Waals surface area (Å²) in [6.45, 7) is 1.10. The lowest BCUT2D eigenvalue weighted by Crippen LogP contribution is -2.48. The Morgan fingerprint density at radius 2 is 1.51 bits per heavy atom. The average Bonchev–Trinajstić information content (AvgIpc) is 2.93. The number of benzene rings is 3. The summed E-state index contributed by atoms with van der Waals surface area (Å²) >= 11 is 0. The van der Waals surface area contributed by atoms with Gasteiger partial charge in [0.25, 0.3) is 0 Å². The van der Waals surface area contributed by atoms with Crippen molar-refractivity contribution in [2.24, 2.45) is 0 Å². The number of nitrogens with one attached hydrogen (secondary N) is 2. The number of rotatable bonds is 15. The van der Waals surface area contributed by atoms with E-state index in [1.807, 2.05) is 48.5 Å². The third kappa shape index (κ3) is 11.0. The van der Waals surface area contributed by atoms with Crippen LogP contribution in [0.4, 0.5) is 10.5 Å². The second-order valence-corrected chi connectivity index (χ2v) is 8.76. The van der Waals surface area contributed by atoms with Crippen LogP contribution in [0.25, 0.3) is 0 Å². The van der Waals surface area contributed by atoms with E-state index in [-0.39, 0.29) is 13.0 Å². The Morgan fingerprint density at radius 1 is 0.854 bits per heavy atom. The number of esters is 2. The maximum atomic E-state index is 13.1. The van der Waals surface area contributed by atoms with Crippen molar-refractivity contribution in [1.29, 1.82) is 0 Å². The lowest BCUT2D eigenvalue weighted by molar-refractivity contribution is -0.462. The van der Waals surface area contributed by atoms with Gasteiger partial charge >= 0.3 is 32.8 Å². The second kappa shape index (κ2) is 16.0. The number of urea groups is 1. The smallest absolute Gasteiger partial charge is 0.455 e. The van der Waals surface area contributed by atoms with Crippen LogP contribution >= 0.6 is 8.69 Å². The number of carbonyl (C=O) groups is 3. The monoisotopic (exact) mass is 585 g/mol.